The minimum atomic E-state index is -0.945. The zero-order valence-corrected chi connectivity index (χ0v) is 49.8. The third kappa shape index (κ3) is 10.9. The Morgan fingerprint density at radius 2 is 1.12 bits per heavy atom. The van der Waals surface area contributed by atoms with E-state index in [9.17, 15) is 33.0 Å². The Morgan fingerprint density at radius 3 is 1.59 bits per heavy atom. The highest BCUT2D eigenvalue weighted by Crippen LogP contribution is 2.45. The number of aromatic nitrogens is 6. The number of phenolic OH excluding ortho intramolecular Hbond substituents is 2. The van der Waals surface area contributed by atoms with Crippen LogP contribution in [-0.4, -0.2) is 153 Å². The van der Waals surface area contributed by atoms with Crippen molar-refractivity contribution in [2.75, 3.05) is 89.1 Å². The molecule has 90 heavy (non-hydrogen) atoms. The van der Waals surface area contributed by atoms with E-state index in [1.54, 1.807) is 7.11 Å². The van der Waals surface area contributed by atoms with Crippen LogP contribution in [0, 0.1) is 70.6 Å². The van der Waals surface area contributed by atoms with Crippen molar-refractivity contribution in [1.29, 1.82) is 5.26 Å². The number of phenols is 2. The summed E-state index contributed by atoms with van der Waals surface area (Å²) in [6, 6.07) is 13.1. The van der Waals surface area contributed by atoms with Gasteiger partial charge in [0.25, 0.3) is 0 Å². The van der Waals surface area contributed by atoms with Crippen molar-refractivity contribution in [3.8, 4) is 76.8 Å². The average Bonchev–Trinajstić information content (AvgIpc) is 0.979. The first kappa shape index (κ1) is 60.2. The fourth-order valence-electron chi connectivity index (χ4n) is 14.9. The van der Waals surface area contributed by atoms with Crippen molar-refractivity contribution < 1.29 is 50.8 Å². The summed E-state index contributed by atoms with van der Waals surface area (Å²) >= 11 is 0. The Balaban J connectivity index is 0.000000165. The van der Waals surface area contributed by atoms with E-state index in [1.165, 1.54) is 60.9 Å². The predicted molar refractivity (Wildman–Crippen MR) is 329 cm³/mol. The number of anilines is 2. The number of piperidine rings is 2. The number of hydrogen-bond donors (Lipinski definition) is 2. The molecule has 4 aromatic carbocycles. The molecule has 10 heterocycles. The van der Waals surface area contributed by atoms with Gasteiger partial charge in [-0.15, -0.1) is 12.8 Å². The number of benzene rings is 4. The smallest absolute Gasteiger partial charge is 0.319 e. The zero-order valence-electron chi connectivity index (χ0n) is 49.8. The van der Waals surface area contributed by atoms with E-state index >= 15 is 8.78 Å². The largest absolute Gasteiger partial charge is 0.508 e. The monoisotopic (exact) mass is 1230 g/mol. The van der Waals surface area contributed by atoms with Gasteiger partial charge in [-0.25, -0.2) is 26.3 Å². The number of fused-ring (bicyclic) bond motifs is 6. The van der Waals surface area contributed by atoms with Crippen molar-refractivity contribution in [3.63, 3.8) is 0 Å². The molecule has 6 saturated heterocycles. The Labute approximate surface area is 515 Å². The van der Waals surface area contributed by atoms with Gasteiger partial charge < -0.3 is 34.2 Å². The number of alkyl halides is 2. The Morgan fingerprint density at radius 1 is 0.644 bits per heavy atom. The number of halogens is 6. The van der Waals surface area contributed by atoms with Gasteiger partial charge in [-0.05, 0) is 124 Å². The van der Waals surface area contributed by atoms with Gasteiger partial charge >= 0.3 is 12.0 Å². The van der Waals surface area contributed by atoms with Crippen LogP contribution in [0.4, 0.5) is 38.0 Å². The zero-order chi connectivity index (χ0) is 62.8. The maximum atomic E-state index is 16.7. The van der Waals surface area contributed by atoms with Gasteiger partial charge in [0.05, 0.1) is 44.5 Å². The molecule has 6 aliphatic heterocycles. The summed E-state index contributed by atoms with van der Waals surface area (Å²) in [5, 5.41) is 32.9. The van der Waals surface area contributed by atoms with E-state index in [4.69, 9.17) is 37.0 Å². The molecule has 4 aromatic heterocycles. The molecule has 0 radical (unpaired) electrons. The molecular weight excluding hydrogens is 1160 g/mol. The van der Waals surface area contributed by atoms with E-state index < -0.39 is 52.1 Å². The Bertz CT molecular complexity index is 4310. The first-order chi connectivity index (χ1) is 43.4. The minimum absolute atomic E-state index is 0.00720. The second-order valence-corrected chi connectivity index (χ2v) is 25.2. The number of ether oxygens (including phenoxy) is 3. The molecule has 22 heteroatoms. The van der Waals surface area contributed by atoms with E-state index in [-0.39, 0.29) is 92.2 Å². The quantitative estimate of drug-likeness (QED) is 0.0869. The number of nitrogens with zero attached hydrogens (tertiary/aromatic N) is 11. The van der Waals surface area contributed by atoms with Crippen molar-refractivity contribution in [3.05, 3.63) is 95.3 Å². The summed E-state index contributed by atoms with van der Waals surface area (Å²) in [6.45, 7) is 7.51. The van der Waals surface area contributed by atoms with Crippen molar-refractivity contribution >= 4 is 55.0 Å². The highest BCUT2D eigenvalue weighted by atomic mass is 19.2. The number of hydrogen-bond acceptors (Lipinski definition) is 16. The lowest BCUT2D eigenvalue weighted by molar-refractivity contribution is 0.107. The molecule has 14 rings (SSSR count). The standard InChI is InChI=1S/C34H31F3N6O2.C34H34F3N5O3/c1-3-23-26(36)7-6-20-12-22(44)13-24(27(20)23)29-28(37)30-25(15-39-29)31(42-10-4-8-33(2,17-38)18-42)41-32(40-30)45-19-34-9-5-11-43(34)16-21(35)14-34;1-3-24-27(36)6-5-21-13-23(43)14-25(28(21)24)30-29(37)31-26(16-38-30)32(41-11-7-20(8-12-41)18-44-2)40-33(39-31)45-19-34-9-4-10-42(34)17-22(35)15-34/h1,6-7,12-13,15,21,44H,4-5,8-11,14,16,18-19H2,2H3;1,5-6,13-14,16,20,22,43H,4,7-12,15,17-19H2,2H3. The first-order valence-corrected chi connectivity index (χ1v) is 30.4. The van der Waals surface area contributed by atoms with Crippen LogP contribution in [0.1, 0.15) is 82.3 Å². The van der Waals surface area contributed by atoms with Crippen LogP contribution in [0.25, 0.3) is 65.9 Å². The van der Waals surface area contributed by atoms with Crippen molar-refractivity contribution in [2.24, 2.45) is 11.3 Å². The second kappa shape index (κ2) is 23.9. The molecular formula is C68H65F6N11O5. The van der Waals surface area contributed by atoms with Crippen LogP contribution in [0.5, 0.6) is 23.5 Å². The molecule has 6 aliphatic rings. The maximum Gasteiger partial charge on any atom is 0.319 e. The van der Waals surface area contributed by atoms with Crippen LogP contribution in [0.15, 0.2) is 60.9 Å². The van der Waals surface area contributed by atoms with E-state index in [1.807, 2.05) is 11.8 Å². The summed E-state index contributed by atoms with van der Waals surface area (Å²) in [7, 11) is 1.69. The molecule has 0 bridgehead atoms. The number of rotatable bonds is 12. The summed E-state index contributed by atoms with van der Waals surface area (Å²) in [5.74, 6) is 2.76. The van der Waals surface area contributed by atoms with Gasteiger partial charge in [0, 0.05) is 100 Å². The van der Waals surface area contributed by atoms with Gasteiger partial charge in [0.15, 0.2) is 11.6 Å². The molecule has 464 valence electrons. The lowest BCUT2D eigenvalue weighted by Crippen LogP contribution is -2.43. The summed E-state index contributed by atoms with van der Waals surface area (Å²) < 4.78 is 110. The van der Waals surface area contributed by atoms with Gasteiger partial charge in [-0.2, -0.15) is 25.2 Å². The van der Waals surface area contributed by atoms with Gasteiger partial charge in [-0.3, -0.25) is 19.8 Å². The fourth-order valence-corrected chi connectivity index (χ4v) is 14.9. The third-order valence-electron chi connectivity index (χ3n) is 19.2. The van der Waals surface area contributed by atoms with Crippen molar-refractivity contribution in [2.45, 2.75) is 94.6 Å². The average molecular weight is 1230 g/mol. The SMILES string of the molecule is C#Cc1c(F)ccc2cc(O)cc(-c3ncc4c(N5CCC(COC)CC5)nc(OCC56CCCN5CC(F)C6)nc4c3F)c12.C#Cc1c(F)ccc2cc(O)cc(-c3ncc4c(N5CCCC(C)(C#N)C5)nc(OCC56CCCN5CC(F)C6)nc4c3F)c12. The van der Waals surface area contributed by atoms with E-state index in [0.717, 1.165) is 58.0 Å². The van der Waals surface area contributed by atoms with Crippen LogP contribution >= 0.6 is 0 Å². The second-order valence-electron chi connectivity index (χ2n) is 25.2. The first-order valence-electron chi connectivity index (χ1n) is 30.4. The summed E-state index contributed by atoms with van der Waals surface area (Å²) in [6.07, 6.45) is 19.8. The van der Waals surface area contributed by atoms with Crippen LogP contribution in [0.2, 0.25) is 0 Å². The van der Waals surface area contributed by atoms with Gasteiger partial charge in [0.1, 0.15) is 82.7 Å². The number of aromatic hydroxyl groups is 2. The summed E-state index contributed by atoms with van der Waals surface area (Å²) in [5.41, 5.74) is -1.87. The molecule has 0 saturated carbocycles. The normalized spacial score (nSPS) is 23.6. The number of methoxy groups -OCH3 is 1. The summed E-state index contributed by atoms with van der Waals surface area (Å²) in [4.78, 5) is 35.7. The fraction of sp³-hybridized carbons (Fsp3) is 0.426. The van der Waals surface area contributed by atoms with Crippen LogP contribution < -0.4 is 19.3 Å². The van der Waals surface area contributed by atoms with Gasteiger partial charge in [-0.1, -0.05) is 24.0 Å². The molecule has 2 N–H and O–H groups in total. The highest BCUT2D eigenvalue weighted by molar-refractivity contribution is 6.04. The van der Waals surface area contributed by atoms with E-state index in [2.05, 4.69) is 52.5 Å². The number of nitriles is 1. The van der Waals surface area contributed by atoms with Crippen LogP contribution in [-0.2, 0) is 4.74 Å². The number of pyridine rings is 2. The highest BCUT2D eigenvalue weighted by Gasteiger charge is 2.51. The van der Waals surface area contributed by atoms with Crippen LogP contribution in [0.3, 0.4) is 0 Å². The molecule has 6 fully saturated rings. The van der Waals surface area contributed by atoms with Gasteiger partial charge in [0.2, 0.25) is 0 Å². The molecule has 5 unspecified atom stereocenters. The molecule has 0 amide bonds. The lowest BCUT2D eigenvalue weighted by Gasteiger charge is -2.37. The van der Waals surface area contributed by atoms with Crippen molar-refractivity contribution in [1.82, 2.24) is 39.7 Å². The lowest BCUT2D eigenvalue weighted by atomic mass is 9.83. The Hall–Kier alpha value is -8.75. The topological polar surface area (TPSA) is 182 Å². The maximum absolute atomic E-state index is 16.7. The molecule has 5 atom stereocenters. The predicted octanol–water partition coefficient (Wildman–Crippen LogP) is 11.5. The number of terminal acetylenes is 2. The Kier molecular flexibility index (Phi) is 16.0. The van der Waals surface area contributed by atoms with E-state index in [0.29, 0.717) is 104 Å². The minimum Gasteiger partial charge on any atom is -0.508 e. The molecule has 8 aromatic rings. The third-order valence-corrected chi connectivity index (χ3v) is 19.2. The molecule has 0 aliphatic carbocycles. The molecule has 16 nitrogen and oxygen atoms in total. The molecule has 0 spiro atoms.